The van der Waals surface area contributed by atoms with Gasteiger partial charge in [0.15, 0.2) is 0 Å². The van der Waals surface area contributed by atoms with Gasteiger partial charge in [-0.25, -0.2) is 0 Å². The van der Waals surface area contributed by atoms with Crippen LogP contribution in [0.3, 0.4) is 0 Å². The van der Waals surface area contributed by atoms with E-state index in [2.05, 4.69) is 37.2 Å². The molecule has 3 rings (SSSR count). The number of ether oxygens (including phenoxy) is 1. The Morgan fingerprint density at radius 3 is 2.81 bits per heavy atom. The van der Waals surface area contributed by atoms with Crippen LogP contribution in [0.5, 0.6) is 5.75 Å². The molecule has 1 N–H and O–H groups in total. The van der Waals surface area contributed by atoms with E-state index in [-0.39, 0.29) is 12.4 Å². The minimum absolute atomic E-state index is 0. The average Bonchev–Trinajstić information content (AvgIpc) is 2.48. The van der Waals surface area contributed by atoms with Crippen LogP contribution in [0.1, 0.15) is 6.92 Å². The summed E-state index contributed by atoms with van der Waals surface area (Å²) in [6.45, 7) is 6.73. The summed E-state index contributed by atoms with van der Waals surface area (Å²) >= 11 is 3.65. The molecular weight excluding hydrogens is 354 g/mol. The molecule has 4 nitrogen and oxygen atoms in total. The van der Waals surface area contributed by atoms with Crippen molar-refractivity contribution in [1.29, 1.82) is 0 Å². The van der Waals surface area contributed by atoms with Gasteiger partial charge >= 0.3 is 0 Å². The maximum absolute atomic E-state index is 5.62. The lowest BCUT2D eigenvalue weighted by Crippen LogP contribution is -2.43. The minimum Gasteiger partial charge on any atom is -0.494 e. The zero-order chi connectivity index (χ0) is 13.9. The van der Waals surface area contributed by atoms with Gasteiger partial charge in [0.25, 0.3) is 0 Å². The number of benzene rings is 1. The fourth-order valence-corrected chi connectivity index (χ4v) is 3.17. The van der Waals surface area contributed by atoms with E-state index in [0.717, 1.165) is 47.3 Å². The molecule has 0 atom stereocenters. The number of rotatable bonds is 3. The first kappa shape index (κ1) is 16.3. The van der Waals surface area contributed by atoms with E-state index >= 15 is 0 Å². The number of halogens is 2. The van der Waals surface area contributed by atoms with E-state index in [1.54, 1.807) is 0 Å². The first-order chi connectivity index (χ1) is 9.79. The van der Waals surface area contributed by atoms with Gasteiger partial charge < -0.3 is 15.0 Å². The van der Waals surface area contributed by atoms with Crippen LogP contribution >= 0.6 is 28.3 Å². The monoisotopic (exact) mass is 371 g/mol. The maximum atomic E-state index is 5.62. The fourth-order valence-electron chi connectivity index (χ4n) is 2.60. The first-order valence-electron chi connectivity index (χ1n) is 6.96. The lowest BCUT2D eigenvalue weighted by atomic mass is 10.1. The van der Waals surface area contributed by atoms with Crippen molar-refractivity contribution in [3.05, 3.63) is 28.9 Å². The summed E-state index contributed by atoms with van der Waals surface area (Å²) in [6.07, 6.45) is 1.89. The van der Waals surface area contributed by atoms with Crippen molar-refractivity contribution in [3.8, 4) is 5.75 Å². The SMILES string of the molecule is CCOc1ccc2ncc(Br)c(N3CCNCC3)c2c1.Cl. The molecule has 0 saturated carbocycles. The van der Waals surface area contributed by atoms with Gasteiger partial charge in [0, 0.05) is 37.8 Å². The third-order valence-corrected chi connectivity index (χ3v) is 4.09. The molecule has 1 aromatic carbocycles. The van der Waals surface area contributed by atoms with Crippen molar-refractivity contribution in [1.82, 2.24) is 10.3 Å². The molecule has 0 spiro atoms. The second-order valence-electron chi connectivity index (χ2n) is 4.80. The summed E-state index contributed by atoms with van der Waals surface area (Å²) in [5, 5.41) is 4.53. The van der Waals surface area contributed by atoms with E-state index in [1.807, 2.05) is 25.3 Å². The highest BCUT2D eigenvalue weighted by Gasteiger charge is 2.17. The maximum Gasteiger partial charge on any atom is 0.120 e. The van der Waals surface area contributed by atoms with Crippen LogP contribution in [0.15, 0.2) is 28.9 Å². The molecule has 0 bridgehead atoms. The van der Waals surface area contributed by atoms with E-state index in [1.165, 1.54) is 5.69 Å². The van der Waals surface area contributed by atoms with Crippen LogP contribution in [-0.2, 0) is 0 Å². The molecule has 21 heavy (non-hydrogen) atoms. The van der Waals surface area contributed by atoms with E-state index in [0.29, 0.717) is 6.61 Å². The number of nitrogens with one attached hydrogen (secondary N) is 1. The molecule has 1 saturated heterocycles. The average molecular weight is 373 g/mol. The number of pyridine rings is 1. The Hall–Kier alpha value is -1.04. The molecule has 1 fully saturated rings. The smallest absolute Gasteiger partial charge is 0.120 e. The number of nitrogens with zero attached hydrogens (tertiary/aromatic N) is 2. The lowest BCUT2D eigenvalue weighted by molar-refractivity contribution is 0.340. The summed E-state index contributed by atoms with van der Waals surface area (Å²) in [5.41, 5.74) is 2.23. The van der Waals surface area contributed by atoms with Crippen LogP contribution in [0.4, 0.5) is 5.69 Å². The van der Waals surface area contributed by atoms with Crippen molar-refractivity contribution < 1.29 is 4.74 Å². The predicted octanol–water partition coefficient (Wildman–Crippen LogP) is 3.23. The van der Waals surface area contributed by atoms with Gasteiger partial charge in [-0.15, -0.1) is 12.4 Å². The second kappa shape index (κ2) is 7.29. The van der Waals surface area contributed by atoms with Crippen LogP contribution in [0, 0.1) is 0 Å². The highest BCUT2D eigenvalue weighted by atomic mass is 79.9. The number of hydrogen-bond acceptors (Lipinski definition) is 4. The Morgan fingerprint density at radius 2 is 2.10 bits per heavy atom. The van der Waals surface area contributed by atoms with Gasteiger partial charge in [-0.1, -0.05) is 0 Å². The molecule has 2 aromatic rings. The van der Waals surface area contributed by atoms with E-state index in [9.17, 15) is 0 Å². The highest BCUT2D eigenvalue weighted by Crippen LogP contribution is 2.35. The third kappa shape index (κ3) is 3.42. The standard InChI is InChI=1S/C15H18BrN3O.ClH/c1-2-20-11-3-4-14-12(9-11)15(13(16)10-18-14)19-7-5-17-6-8-19;/h3-4,9-10,17H,2,5-8H2,1H3;1H. The van der Waals surface area contributed by atoms with Crippen LogP contribution in [-0.4, -0.2) is 37.8 Å². The van der Waals surface area contributed by atoms with Crippen molar-refractivity contribution in [2.24, 2.45) is 0 Å². The largest absolute Gasteiger partial charge is 0.494 e. The Morgan fingerprint density at radius 1 is 1.33 bits per heavy atom. The quantitative estimate of drug-likeness (QED) is 0.897. The summed E-state index contributed by atoms with van der Waals surface area (Å²) in [4.78, 5) is 6.90. The molecule has 2 heterocycles. The molecule has 6 heteroatoms. The van der Waals surface area contributed by atoms with Gasteiger partial charge in [0.05, 0.1) is 22.3 Å². The molecule has 0 amide bonds. The number of anilines is 1. The fraction of sp³-hybridized carbons (Fsp3) is 0.400. The van der Waals surface area contributed by atoms with Crippen molar-refractivity contribution >= 4 is 44.9 Å². The van der Waals surface area contributed by atoms with Crippen molar-refractivity contribution in [2.75, 3.05) is 37.7 Å². The summed E-state index contributed by atoms with van der Waals surface area (Å²) in [5.74, 6) is 0.899. The number of hydrogen-bond donors (Lipinski definition) is 1. The first-order valence-corrected chi connectivity index (χ1v) is 7.75. The molecule has 1 aromatic heterocycles. The molecule has 0 aliphatic carbocycles. The molecule has 0 unspecified atom stereocenters. The Kier molecular flexibility index (Phi) is 5.67. The third-order valence-electron chi connectivity index (χ3n) is 3.51. The molecule has 114 valence electrons. The summed E-state index contributed by atoms with van der Waals surface area (Å²) < 4.78 is 6.66. The molecule has 1 aliphatic rings. The summed E-state index contributed by atoms with van der Waals surface area (Å²) in [6, 6.07) is 6.10. The molecule has 1 aliphatic heterocycles. The van der Waals surface area contributed by atoms with Crippen LogP contribution < -0.4 is 15.0 Å². The lowest BCUT2D eigenvalue weighted by Gasteiger charge is -2.31. The zero-order valence-electron chi connectivity index (χ0n) is 11.9. The second-order valence-corrected chi connectivity index (χ2v) is 5.66. The minimum atomic E-state index is 0. The van der Waals surface area contributed by atoms with Gasteiger partial charge in [-0.05, 0) is 41.1 Å². The predicted molar refractivity (Wildman–Crippen MR) is 92.9 cm³/mol. The molecule has 0 radical (unpaired) electrons. The summed E-state index contributed by atoms with van der Waals surface area (Å²) in [7, 11) is 0. The van der Waals surface area contributed by atoms with Gasteiger partial charge in [0.1, 0.15) is 5.75 Å². The van der Waals surface area contributed by atoms with Gasteiger partial charge in [-0.2, -0.15) is 0 Å². The number of piperazine rings is 1. The van der Waals surface area contributed by atoms with Crippen LogP contribution in [0.2, 0.25) is 0 Å². The Labute approximate surface area is 139 Å². The van der Waals surface area contributed by atoms with E-state index < -0.39 is 0 Å². The van der Waals surface area contributed by atoms with E-state index in [4.69, 9.17) is 4.74 Å². The Bertz CT molecular complexity index is 617. The zero-order valence-corrected chi connectivity index (χ0v) is 14.3. The highest BCUT2D eigenvalue weighted by molar-refractivity contribution is 9.10. The van der Waals surface area contributed by atoms with Crippen molar-refractivity contribution in [3.63, 3.8) is 0 Å². The van der Waals surface area contributed by atoms with Gasteiger partial charge in [0.2, 0.25) is 0 Å². The van der Waals surface area contributed by atoms with Crippen molar-refractivity contribution in [2.45, 2.75) is 6.92 Å². The normalized spacial score (nSPS) is 14.9. The number of aromatic nitrogens is 1. The molecular formula is C15H19BrClN3O. The topological polar surface area (TPSA) is 37.4 Å². The Balaban J connectivity index is 0.00000161. The van der Waals surface area contributed by atoms with Crippen LogP contribution in [0.25, 0.3) is 10.9 Å². The van der Waals surface area contributed by atoms with Gasteiger partial charge in [-0.3, -0.25) is 4.98 Å². The number of fused-ring (bicyclic) bond motifs is 1.